The van der Waals surface area contributed by atoms with Crippen LogP contribution >= 0.6 is 0 Å². The Bertz CT molecular complexity index is 58.6. The Morgan fingerprint density at radius 1 is 1.67 bits per heavy atom. The number of hydrogen-bond acceptors (Lipinski definition) is 2. The summed E-state index contributed by atoms with van der Waals surface area (Å²) in [5.74, 6) is 0.718. The highest BCUT2D eigenvalue weighted by Crippen LogP contribution is 1.69. The molecule has 0 atom stereocenters. The number of methoxy groups -OCH3 is 1. The van der Waals surface area contributed by atoms with Gasteiger partial charge in [-0.3, -0.25) is 4.99 Å². The standard InChI is InChI=1S/C4H9NO/c1-4(5-2)6-3/h1-3H3. The van der Waals surface area contributed by atoms with Crippen molar-refractivity contribution in [2.75, 3.05) is 14.2 Å². The predicted octanol–water partition coefficient (Wildman–Crippen LogP) is 0.681. The molecule has 0 unspecified atom stereocenters. The minimum atomic E-state index is 0.718. The van der Waals surface area contributed by atoms with Crippen molar-refractivity contribution in [2.45, 2.75) is 6.92 Å². The first-order chi connectivity index (χ1) is 2.81. The number of rotatable bonds is 0. The Kier molecular flexibility index (Phi) is 2.46. The minimum Gasteiger partial charge on any atom is -0.485 e. The summed E-state index contributed by atoms with van der Waals surface area (Å²) in [5.41, 5.74) is 0. The topological polar surface area (TPSA) is 21.6 Å². The van der Waals surface area contributed by atoms with Gasteiger partial charge < -0.3 is 4.74 Å². The van der Waals surface area contributed by atoms with Gasteiger partial charge in [-0.05, 0) is 0 Å². The highest BCUT2D eigenvalue weighted by atomic mass is 16.5. The fraction of sp³-hybridized carbons (Fsp3) is 0.750. The van der Waals surface area contributed by atoms with E-state index in [9.17, 15) is 0 Å². The smallest absolute Gasteiger partial charge is 0.179 e. The normalized spacial score (nSPS) is 11.5. The van der Waals surface area contributed by atoms with Crippen LogP contribution in [0.1, 0.15) is 6.92 Å². The van der Waals surface area contributed by atoms with Gasteiger partial charge >= 0.3 is 0 Å². The maximum Gasteiger partial charge on any atom is 0.179 e. The Balaban J connectivity index is 3.22. The monoisotopic (exact) mass is 87.1 g/mol. The molecule has 6 heavy (non-hydrogen) atoms. The summed E-state index contributed by atoms with van der Waals surface area (Å²) in [7, 11) is 3.29. The fourth-order valence-electron chi connectivity index (χ4n) is 0.0913. The third-order valence-corrected chi connectivity index (χ3v) is 0.610. The van der Waals surface area contributed by atoms with Crippen LogP contribution in [0.15, 0.2) is 4.99 Å². The Morgan fingerprint density at radius 2 is 2.17 bits per heavy atom. The second kappa shape index (κ2) is 2.69. The predicted molar refractivity (Wildman–Crippen MR) is 26.0 cm³/mol. The van der Waals surface area contributed by atoms with Gasteiger partial charge in [0.2, 0.25) is 0 Å². The third kappa shape index (κ3) is 1.76. The van der Waals surface area contributed by atoms with Gasteiger partial charge in [-0.1, -0.05) is 0 Å². The third-order valence-electron chi connectivity index (χ3n) is 0.610. The Labute approximate surface area is 37.8 Å². The molecule has 0 saturated carbocycles. The molecule has 36 valence electrons. The van der Waals surface area contributed by atoms with E-state index in [1.165, 1.54) is 0 Å². The summed E-state index contributed by atoms with van der Waals surface area (Å²) < 4.78 is 4.65. The lowest BCUT2D eigenvalue weighted by Gasteiger charge is -1.90. The first kappa shape index (κ1) is 5.47. The van der Waals surface area contributed by atoms with E-state index in [1.54, 1.807) is 21.1 Å². The summed E-state index contributed by atoms with van der Waals surface area (Å²) in [6, 6.07) is 0. The molecule has 0 spiro atoms. The molecule has 0 bridgehead atoms. The van der Waals surface area contributed by atoms with Gasteiger partial charge in [-0.15, -0.1) is 0 Å². The second-order valence-electron chi connectivity index (χ2n) is 0.947. The molecule has 0 amide bonds. The van der Waals surface area contributed by atoms with Crippen LogP contribution in [-0.2, 0) is 4.74 Å². The molecule has 0 heterocycles. The zero-order chi connectivity index (χ0) is 4.99. The fourth-order valence-corrected chi connectivity index (χ4v) is 0.0913. The maximum absolute atomic E-state index is 4.65. The van der Waals surface area contributed by atoms with Crippen molar-refractivity contribution in [3.05, 3.63) is 0 Å². The molecule has 2 nitrogen and oxygen atoms in total. The van der Waals surface area contributed by atoms with Gasteiger partial charge in [0.15, 0.2) is 5.90 Å². The zero-order valence-electron chi connectivity index (χ0n) is 4.36. The highest BCUT2D eigenvalue weighted by molar-refractivity contribution is 5.72. The van der Waals surface area contributed by atoms with Gasteiger partial charge in [0.05, 0.1) is 7.11 Å². The van der Waals surface area contributed by atoms with E-state index in [2.05, 4.69) is 9.73 Å². The SMILES string of the molecule is CN=C(C)OC. The molecule has 0 radical (unpaired) electrons. The molecular formula is C4H9NO. The molecule has 0 rings (SSSR count). The number of hydrogen-bond donors (Lipinski definition) is 0. The van der Waals surface area contributed by atoms with E-state index in [1.807, 2.05) is 0 Å². The van der Waals surface area contributed by atoms with Crippen LogP contribution in [0, 0.1) is 0 Å². The van der Waals surface area contributed by atoms with E-state index < -0.39 is 0 Å². The van der Waals surface area contributed by atoms with E-state index in [0.29, 0.717) is 0 Å². The van der Waals surface area contributed by atoms with Gasteiger partial charge in [0.25, 0.3) is 0 Å². The van der Waals surface area contributed by atoms with Crippen LogP contribution < -0.4 is 0 Å². The van der Waals surface area contributed by atoms with Gasteiger partial charge in [-0.25, -0.2) is 0 Å². The van der Waals surface area contributed by atoms with E-state index in [-0.39, 0.29) is 0 Å². The largest absolute Gasteiger partial charge is 0.485 e. The van der Waals surface area contributed by atoms with Crippen molar-refractivity contribution in [1.82, 2.24) is 0 Å². The van der Waals surface area contributed by atoms with Crippen molar-refractivity contribution in [2.24, 2.45) is 4.99 Å². The average Bonchev–Trinajstić information content (AvgIpc) is 1.65. The van der Waals surface area contributed by atoms with Gasteiger partial charge in [0, 0.05) is 14.0 Å². The quantitative estimate of drug-likeness (QED) is 0.314. The molecule has 2 heteroatoms. The van der Waals surface area contributed by atoms with Crippen LogP contribution in [0.4, 0.5) is 0 Å². The van der Waals surface area contributed by atoms with Gasteiger partial charge in [0.1, 0.15) is 0 Å². The minimum absolute atomic E-state index is 0.718. The summed E-state index contributed by atoms with van der Waals surface area (Å²) in [6.45, 7) is 1.81. The van der Waals surface area contributed by atoms with Crippen LogP contribution in [0.3, 0.4) is 0 Å². The lowest BCUT2D eigenvalue weighted by Crippen LogP contribution is -1.90. The maximum atomic E-state index is 4.65. The van der Waals surface area contributed by atoms with Crippen molar-refractivity contribution in [3.63, 3.8) is 0 Å². The first-order valence-corrected chi connectivity index (χ1v) is 1.78. The van der Waals surface area contributed by atoms with Crippen molar-refractivity contribution in [3.8, 4) is 0 Å². The molecule has 0 saturated heterocycles. The average molecular weight is 87.1 g/mol. The summed E-state index contributed by atoms with van der Waals surface area (Å²) >= 11 is 0. The molecule has 0 aromatic rings. The van der Waals surface area contributed by atoms with Gasteiger partial charge in [-0.2, -0.15) is 0 Å². The number of ether oxygens (including phenoxy) is 1. The molecule has 0 aromatic heterocycles. The molecule has 0 aliphatic carbocycles. The Hall–Kier alpha value is -0.530. The van der Waals surface area contributed by atoms with E-state index in [4.69, 9.17) is 0 Å². The first-order valence-electron chi connectivity index (χ1n) is 1.78. The Morgan fingerprint density at radius 3 is 2.17 bits per heavy atom. The van der Waals surface area contributed by atoms with Crippen molar-refractivity contribution >= 4 is 5.90 Å². The molecule has 0 N–H and O–H groups in total. The molecule has 0 fully saturated rings. The van der Waals surface area contributed by atoms with Crippen molar-refractivity contribution < 1.29 is 4.74 Å². The van der Waals surface area contributed by atoms with Crippen molar-refractivity contribution in [1.29, 1.82) is 0 Å². The van der Waals surface area contributed by atoms with Crippen LogP contribution in [0.5, 0.6) is 0 Å². The second-order valence-corrected chi connectivity index (χ2v) is 0.947. The molecule has 0 aromatic carbocycles. The molecule has 0 aliphatic heterocycles. The van der Waals surface area contributed by atoms with E-state index in [0.717, 1.165) is 5.90 Å². The number of nitrogens with zero attached hydrogens (tertiary/aromatic N) is 1. The summed E-state index contributed by atoms with van der Waals surface area (Å²) in [6.07, 6.45) is 0. The van der Waals surface area contributed by atoms with Crippen LogP contribution in [0.2, 0.25) is 0 Å². The zero-order valence-corrected chi connectivity index (χ0v) is 4.36. The van der Waals surface area contributed by atoms with Crippen LogP contribution in [0.25, 0.3) is 0 Å². The summed E-state index contributed by atoms with van der Waals surface area (Å²) in [4.78, 5) is 3.70. The van der Waals surface area contributed by atoms with Crippen LogP contribution in [-0.4, -0.2) is 20.1 Å². The number of aliphatic imine (C=N–C) groups is 1. The summed E-state index contributed by atoms with van der Waals surface area (Å²) in [5, 5.41) is 0. The molecular weight excluding hydrogens is 78.0 g/mol. The van der Waals surface area contributed by atoms with E-state index >= 15 is 0 Å². The highest BCUT2D eigenvalue weighted by Gasteiger charge is 1.74. The lowest BCUT2D eigenvalue weighted by atomic mass is 10.8. The lowest BCUT2D eigenvalue weighted by molar-refractivity contribution is 0.399. The molecule has 0 aliphatic rings.